The molecule has 1 rings (SSSR count). The quantitative estimate of drug-likeness (QED) is 0.670. The third-order valence-corrected chi connectivity index (χ3v) is 3.39. The lowest BCUT2D eigenvalue weighted by Crippen LogP contribution is -2.39. The summed E-state index contributed by atoms with van der Waals surface area (Å²) in [5.41, 5.74) is 11.2. The van der Waals surface area contributed by atoms with Crippen molar-refractivity contribution in [3.63, 3.8) is 0 Å². The molecule has 90 valence electrons. The molecule has 15 heavy (non-hydrogen) atoms. The Kier molecular flexibility index (Phi) is 6.98. The SMILES string of the molecule is NCCCN(CCCN)C1CCCCC1. The van der Waals surface area contributed by atoms with E-state index in [1.807, 2.05) is 0 Å². The highest BCUT2D eigenvalue weighted by Gasteiger charge is 2.19. The fourth-order valence-electron chi connectivity index (χ4n) is 2.51. The van der Waals surface area contributed by atoms with Crippen LogP contribution in [0, 0.1) is 0 Å². The second kappa shape index (κ2) is 8.08. The fraction of sp³-hybridized carbons (Fsp3) is 1.00. The lowest BCUT2D eigenvalue weighted by atomic mass is 9.94. The van der Waals surface area contributed by atoms with E-state index in [0.29, 0.717) is 0 Å². The van der Waals surface area contributed by atoms with Gasteiger partial charge in [-0.2, -0.15) is 0 Å². The highest BCUT2D eigenvalue weighted by Crippen LogP contribution is 2.22. The predicted octanol–water partition coefficient (Wildman–Crippen LogP) is 1.32. The number of hydrogen-bond acceptors (Lipinski definition) is 3. The molecule has 1 aliphatic carbocycles. The molecule has 3 nitrogen and oxygen atoms in total. The van der Waals surface area contributed by atoms with E-state index in [9.17, 15) is 0 Å². The van der Waals surface area contributed by atoms with Gasteiger partial charge >= 0.3 is 0 Å². The molecule has 0 saturated heterocycles. The van der Waals surface area contributed by atoms with Gasteiger partial charge in [0.1, 0.15) is 0 Å². The van der Waals surface area contributed by atoms with E-state index >= 15 is 0 Å². The molecule has 1 fully saturated rings. The summed E-state index contributed by atoms with van der Waals surface area (Å²) in [6.45, 7) is 3.96. The van der Waals surface area contributed by atoms with Crippen LogP contribution in [0.4, 0.5) is 0 Å². The molecule has 0 radical (unpaired) electrons. The van der Waals surface area contributed by atoms with Gasteiger partial charge in [0.25, 0.3) is 0 Å². The normalized spacial score (nSPS) is 18.6. The first kappa shape index (κ1) is 12.9. The highest BCUT2D eigenvalue weighted by molar-refractivity contribution is 4.76. The molecule has 0 unspecified atom stereocenters. The van der Waals surface area contributed by atoms with Crippen molar-refractivity contribution in [2.24, 2.45) is 11.5 Å². The van der Waals surface area contributed by atoms with Gasteiger partial charge in [0.2, 0.25) is 0 Å². The monoisotopic (exact) mass is 213 g/mol. The first-order valence-corrected chi connectivity index (χ1v) is 6.52. The Morgan fingerprint density at radius 2 is 1.40 bits per heavy atom. The third kappa shape index (κ3) is 4.96. The number of hydrogen-bond donors (Lipinski definition) is 2. The number of nitrogens with two attached hydrogens (primary N) is 2. The second-order valence-electron chi connectivity index (χ2n) is 4.61. The average Bonchev–Trinajstić information content (AvgIpc) is 2.30. The minimum Gasteiger partial charge on any atom is -0.330 e. The molecule has 4 N–H and O–H groups in total. The van der Waals surface area contributed by atoms with E-state index in [4.69, 9.17) is 11.5 Å². The maximum absolute atomic E-state index is 5.58. The summed E-state index contributed by atoms with van der Waals surface area (Å²) in [6, 6.07) is 0.817. The molecule has 1 aliphatic rings. The minimum absolute atomic E-state index is 0.811. The maximum atomic E-state index is 5.58. The van der Waals surface area contributed by atoms with E-state index in [0.717, 1.165) is 32.0 Å². The van der Waals surface area contributed by atoms with Crippen LogP contribution >= 0.6 is 0 Å². The van der Waals surface area contributed by atoms with E-state index in [-0.39, 0.29) is 0 Å². The van der Waals surface area contributed by atoms with Gasteiger partial charge in [-0.15, -0.1) is 0 Å². The summed E-state index contributed by atoms with van der Waals surface area (Å²) in [5.74, 6) is 0. The molecule has 1 saturated carbocycles. The maximum Gasteiger partial charge on any atom is 0.00952 e. The summed E-state index contributed by atoms with van der Waals surface area (Å²) in [7, 11) is 0. The zero-order valence-electron chi connectivity index (χ0n) is 9.96. The largest absolute Gasteiger partial charge is 0.330 e. The first-order chi connectivity index (χ1) is 7.38. The van der Waals surface area contributed by atoms with Crippen LogP contribution in [0.3, 0.4) is 0 Å². The van der Waals surface area contributed by atoms with Gasteiger partial charge < -0.3 is 16.4 Å². The van der Waals surface area contributed by atoms with Gasteiger partial charge in [-0.05, 0) is 51.9 Å². The van der Waals surface area contributed by atoms with Crippen LogP contribution in [0.25, 0.3) is 0 Å². The Morgan fingerprint density at radius 1 is 0.867 bits per heavy atom. The van der Waals surface area contributed by atoms with Gasteiger partial charge in [-0.25, -0.2) is 0 Å². The average molecular weight is 213 g/mol. The summed E-state index contributed by atoms with van der Waals surface area (Å²) in [4.78, 5) is 2.62. The zero-order chi connectivity index (χ0) is 10.9. The number of nitrogens with zero attached hydrogens (tertiary/aromatic N) is 1. The molecular formula is C12H27N3. The Balaban J connectivity index is 2.30. The standard InChI is InChI=1S/C12H27N3/c13-8-4-10-15(11-5-9-14)12-6-2-1-3-7-12/h12H,1-11,13-14H2. The minimum atomic E-state index is 0.811. The second-order valence-corrected chi connectivity index (χ2v) is 4.61. The summed E-state index contributed by atoms with van der Waals surface area (Å²) in [6.07, 6.45) is 9.27. The van der Waals surface area contributed by atoms with Crippen molar-refractivity contribution in [3.8, 4) is 0 Å². The molecule has 0 aliphatic heterocycles. The fourth-order valence-corrected chi connectivity index (χ4v) is 2.51. The van der Waals surface area contributed by atoms with E-state index < -0.39 is 0 Å². The van der Waals surface area contributed by atoms with Crippen LogP contribution < -0.4 is 11.5 Å². The first-order valence-electron chi connectivity index (χ1n) is 6.52. The van der Waals surface area contributed by atoms with Crippen molar-refractivity contribution in [3.05, 3.63) is 0 Å². The van der Waals surface area contributed by atoms with E-state index in [1.54, 1.807) is 0 Å². The van der Waals surface area contributed by atoms with Gasteiger partial charge in [-0.3, -0.25) is 0 Å². The summed E-state index contributed by atoms with van der Waals surface area (Å²) >= 11 is 0. The predicted molar refractivity (Wildman–Crippen MR) is 65.8 cm³/mol. The molecule has 0 atom stereocenters. The summed E-state index contributed by atoms with van der Waals surface area (Å²) < 4.78 is 0. The molecular weight excluding hydrogens is 186 g/mol. The Morgan fingerprint density at radius 3 is 1.87 bits per heavy atom. The van der Waals surface area contributed by atoms with E-state index in [2.05, 4.69) is 4.90 Å². The molecule has 0 amide bonds. The van der Waals surface area contributed by atoms with Crippen LogP contribution in [0.1, 0.15) is 44.9 Å². The highest BCUT2D eigenvalue weighted by atomic mass is 15.1. The summed E-state index contributed by atoms with van der Waals surface area (Å²) in [5, 5.41) is 0. The van der Waals surface area contributed by atoms with Crippen LogP contribution in [-0.4, -0.2) is 37.1 Å². The molecule has 0 bridgehead atoms. The van der Waals surface area contributed by atoms with Crippen molar-refractivity contribution < 1.29 is 0 Å². The molecule has 0 spiro atoms. The van der Waals surface area contributed by atoms with E-state index in [1.165, 1.54) is 45.2 Å². The number of rotatable bonds is 7. The van der Waals surface area contributed by atoms with Gasteiger partial charge in [0.05, 0.1) is 0 Å². The molecule has 0 heterocycles. The van der Waals surface area contributed by atoms with Gasteiger partial charge in [-0.1, -0.05) is 19.3 Å². The Bertz CT molecular complexity index is 136. The van der Waals surface area contributed by atoms with Crippen molar-refractivity contribution in [2.45, 2.75) is 51.0 Å². The smallest absolute Gasteiger partial charge is 0.00952 e. The molecule has 0 aromatic heterocycles. The Labute approximate surface area is 94.2 Å². The van der Waals surface area contributed by atoms with Crippen molar-refractivity contribution >= 4 is 0 Å². The lowest BCUT2D eigenvalue weighted by molar-refractivity contribution is 0.154. The van der Waals surface area contributed by atoms with Crippen LogP contribution in [-0.2, 0) is 0 Å². The van der Waals surface area contributed by atoms with Gasteiger partial charge in [0, 0.05) is 6.04 Å². The molecule has 3 heteroatoms. The van der Waals surface area contributed by atoms with Crippen molar-refractivity contribution in [1.29, 1.82) is 0 Å². The van der Waals surface area contributed by atoms with Gasteiger partial charge in [0.15, 0.2) is 0 Å². The van der Waals surface area contributed by atoms with Crippen molar-refractivity contribution in [1.82, 2.24) is 4.90 Å². The van der Waals surface area contributed by atoms with Crippen molar-refractivity contribution in [2.75, 3.05) is 26.2 Å². The topological polar surface area (TPSA) is 55.3 Å². The molecule has 0 aromatic rings. The third-order valence-electron chi connectivity index (χ3n) is 3.39. The zero-order valence-corrected chi connectivity index (χ0v) is 9.96. The van der Waals surface area contributed by atoms with Crippen LogP contribution in [0.2, 0.25) is 0 Å². The van der Waals surface area contributed by atoms with Crippen LogP contribution in [0.5, 0.6) is 0 Å². The molecule has 0 aromatic carbocycles. The van der Waals surface area contributed by atoms with Crippen LogP contribution in [0.15, 0.2) is 0 Å². The lowest BCUT2D eigenvalue weighted by Gasteiger charge is -2.34. The Hall–Kier alpha value is -0.120.